The van der Waals surface area contributed by atoms with E-state index in [1.807, 2.05) is 37.3 Å². The van der Waals surface area contributed by atoms with E-state index in [2.05, 4.69) is 5.32 Å². The first-order valence-corrected chi connectivity index (χ1v) is 16.7. The Hall–Kier alpha value is -4.89. The minimum atomic E-state index is -3.98. The van der Waals surface area contributed by atoms with Gasteiger partial charge in [-0.25, -0.2) is 13.1 Å². The fraction of sp³-hybridized carbons (Fsp3) is 0.294. The van der Waals surface area contributed by atoms with Gasteiger partial charge in [0.25, 0.3) is 11.5 Å². The van der Waals surface area contributed by atoms with Gasteiger partial charge < -0.3 is 30.4 Å². The molecule has 48 heavy (non-hydrogen) atoms. The van der Waals surface area contributed by atoms with Gasteiger partial charge in [0, 0.05) is 43.7 Å². The number of aromatic nitrogens is 2. The average molecular weight is 678 g/mol. The SMILES string of the molecule is COc1ccc(S(=O)(=O)N(CCO)CCOC2CC(c3c(C)n(C)n(-c4ccccc4)c3=O)C=C(C(=O)Nc3ccccc3N)O2)cc1. The van der Waals surface area contributed by atoms with Crippen LogP contribution in [0, 0.1) is 6.92 Å². The van der Waals surface area contributed by atoms with E-state index in [9.17, 15) is 23.1 Å². The summed E-state index contributed by atoms with van der Waals surface area (Å²) in [6.07, 6.45) is 0.752. The van der Waals surface area contributed by atoms with E-state index in [4.69, 9.17) is 19.9 Å². The number of nitrogens with one attached hydrogen (secondary N) is 1. The lowest BCUT2D eigenvalue weighted by molar-refractivity contribution is -0.143. The highest BCUT2D eigenvalue weighted by atomic mass is 32.2. The first kappa shape index (κ1) is 34.4. The monoisotopic (exact) mass is 677 g/mol. The van der Waals surface area contributed by atoms with Gasteiger partial charge in [-0.1, -0.05) is 30.3 Å². The Labute approximate surface area is 278 Å². The number of ether oxygens (including phenoxy) is 3. The molecule has 2 unspecified atom stereocenters. The molecule has 2 atom stereocenters. The number of para-hydroxylation sites is 3. The number of anilines is 2. The molecule has 0 aliphatic carbocycles. The van der Waals surface area contributed by atoms with Gasteiger partial charge in [0.15, 0.2) is 5.76 Å². The average Bonchev–Trinajstić information content (AvgIpc) is 3.32. The van der Waals surface area contributed by atoms with E-state index in [0.717, 1.165) is 4.31 Å². The Morgan fingerprint density at radius 2 is 1.75 bits per heavy atom. The highest BCUT2D eigenvalue weighted by molar-refractivity contribution is 7.89. The first-order valence-electron chi connectivity index (χ1n) is 15.3. The van der Waals surface area contributed by atoms with E-state index >= 15 is 0 Å². The number of rotatable bonds is 13. The number of hydrogen-bond acceptors (Lipinski definition) is 9. The minimum Gasteiger partial charge on any atom is -0.497 e. The van der Waals surface area contributed by atoms with Gasteiger partial charge in [-0.15, -0.1) is 0 Å². The van der Waals surface area contributed by atoms with Crippen LogP contribution in [-0.2, 0) is 31.3 Å². The summed E-state index contributed by atoms with van der Waals surface area (Å²) in [7, 11) is -0.716. The van der Waals surface area contributed by atoms with Gasteiger partial charge >= 0.3 is 0 Å². The zero-order chi connectivity index (χ0) is 34.4. The van der Waals surface area contributed by atoms with E-state index in [0.29, 0.717) is 34.1 Å². The van der Waals surface area contributed by atoms with E-state index in [1.54, 1.807) is 46.8 Å². The number of hydrogen-bond donors (Lipinski definition) is 3. The molecule has 0 fully saturated rings. The molecule has 0 saturated carbocycles. The van der Waals surface area contributed by atoms with Crippen LogP contribution in [0.5, 0.6) is 5.75 Å². The molecule has 2 heterocycles. The number of sulfonamides is 1. The molecule has 14 heteroatoms. The van der Waals surface area contributed by atoms with Crippen LogP contribution in [0.1, 0.15) is 23.6 Å². The number of aliphatic hydroxyl groups is 1. The third-order valence-electron chi connectivity index (χ3n) is 8.15. The van der Waals surface area contributed by atoms with Crippen LogP contribution in [0.2, 0.25) is 0 Å². The number of methoxy groups -OCH3 is 1. The molecule has 0 saturated heterocycles. The Morgan fingerprint density at radius 3 is 2.42 bits per heavy atom. The molecule has 1 amide bonds. The Balaban J connectivity index is 1.41. The normalized spacial score (nSPS) is 16.3. The fourth-order valence-corrected chi connectivity index (χ4v) is 6.99. The highest BCUT2D eigenvalue weighted by Gasteiger charge is 2.34. The lowest BCUT2D eigenvalue weighted by Crippen LogP contribution is -2.38. The molecule has 13 nitrogen and oxygen atoms in total. The van der Waals surface area contributed by atoms with Crippen molar-refractivity contribution in [1.82, 2.24) is 13.7 Å². The van der Waals surface area contributed by atoms with Crippen LogP contribution in [-0.4, -0.2) is 72.8 Å². The predicted molar refractivity (Wildman–Crippen MR) is 180 cm³/mol. The van der Waals surface area contributed by atoms with Crippen LogP contribution in [0.25, 0.3) is 5.69 Å². The standard InChI is InChI=1S/C34H39N5O8S/c1-23-32(34(42)39(37(23)2)25-9-5-4-6-10-25)24-21-30(33(41)36-29-12-8-7-11-28(29)35)47-31(22-24)46-20-18-38(17-19-40)48(43,44)27-15-13-26(45-3)14-16-27/h4-16,21,24,31,40H,17-20,22,35H2,1-3H3,(H,36,41). The van der Waals surface area contributed by atoms with Gasteiger partial charge in [0.05, 0.1) is 42.3 Å². The van der Waals surface area contributed by atoms with E-state index in [-0.39, 0.29) is 42.3 Å². The Kier molecular flexibility index (Phi) is 10.7. The first-order chi connectivity index (χ1) is 23.0. The van der Waals surface area contributed by atoms with Crippen LogP contribution in [0.4, 0.5) is 11.4 Å². The predicted octanol–water partition coefficient (Wildman–Crippen LogP) is 3.13. The summed E-state index contributed by atoms with van der Waals surface area (Å²) in [5, 5.41) is 12.4. The van der Waals surface area contributed by atoms with E-state index in [1.165, 1.54) is 31.4 Å². The number of nitrogens with zero attached hydrogens (tertiary/aromatic N) is 3. The summed E-state index contributed by atoms with van der Waals surface area (Å²) >= 11 is 0. The number of benzene rings is 3. The highest BCUT2D eigenvalue weighted by Crippen LogP contribution is 2.33. The number of amides is 1. The smallest absolute Gasteiger partial charge is 0.290 e. The Bertz CT molecular complexity index is 1940. The summed E-state index contributed by atoms with van der Waals surface area (Å²) in [6, 6.07) is 21.9. The van der Waals surface area contributed by atoms with Gasteiger partial charge in [-0.3, -0.25) is 14.3 Å². The number of nitrogens with two attached hydrogens (primary N) is 1. The van der Waals surface area contributed by atoms with Crippen molar-refractivity contribution >= 4 is 27.3 Å². The lowest BCUT2D eigenvalue weighted by Gasteiger charge is -2.30. The van der Waals surface area contributed by atoms with Gasteiger partial charge in [-0.05, 0) is 61.5 Å². The van der Waals surface area contributed by atoms with Crippen LogP contribution >= 0.6 is 0 Å². The Morgan fingerprint density at radius 1 is 1.06 bits per heavy atom. The molecule has 4 aromatic rings. The van der Waals surface area contributed by atoms with Crippen molar-refractivity contribution in [2.24, 2.45) is 7.05 Å². The molecule has 1 aromatic heterocycles. The number of carbonyl (C=O) groups excluding carboxylic acids is 1. The maximum absolute atomic E-state index is 13.9. The number of carbonyl (C=O) groups is 1. The molecule has 1 aliphatic heterocycles. The van der Waals surface area contributed by atoms with Crippen LogP contribution < -0.4 is 21.3 Å². The molecule has 5 rings (SSSR count). The van der Waals surface area contributed by atoms with Crippen molar-refractivity contribution in [3.63, 3.8) is 0 Å². The largest absolute Gasteiger partial charge is 0.497 e. The minimum absolute atomic E-state index is 0.0297. The maximum atomic E-state index is 13.9. The molecule has 254 valence electrons. The molecule has 1 aliphatic rings. The quantitative estimate of drug-likeness (QED) is 0.180. The topological polar surface area (TPSA) is 167 Å². The van der Waals surface area contributed by atoms with Crippen molar-refractivity contribution in [2.45, 2.75) is 30.4 Å². The van der Waals surface area contributed by atoms with E-state index < -0.39 is 34.7 Å². The molecule has 3 aromatic carbocycles. The molecular formula is C34H39N5O8S. The summed E-state index contributed by atoms with van der Waals surface area (Å²) < 4.78 is 48.4. The maximum Gasteiger partial charge on any atom is 0.290 e. The number of aliphatic hydroxyl groups excluding tert-OH is 1. The summed E-state index contributed by atoms with van der Waals surface area (Å²) in [4.78, 5) is 27.4. The summed E-state index contributed by atoms with van der Waals surface area (Å²) in [6.45, 7) is 1.01. The second kappa shape index (κ2) is 14.9. The summed E-state index contributed by atoms with van der Waals surface area (Å²) in [5.41, 5.74) is 8.38. The number of allylic oxidation sites excluding steroid dienone is 1. The van der Waals surface area contributed by atoms with Crippen molar-refractivity contribution in [3.05, 3.63) is 112 Å². The molecule has 4 N–H and O–H groups in total. The summed E-state index contributed by atoms with van der Waals surface area (Å²) in [5.74, 6) is -0.751. The van der Waals surface area contributed by atoms with Crippen molar-refractivity contribution in [3.8, 4) is 11.4 Å². The van der Waals surface area contributed by atoms with Gasteiger partial charge in [0.1, 0.15) is 5.75 Å². The van der Waals surface area contributed by atoms with Crippen LogP contribution in [0.3, 0.4) is 0 Å². The molecule has 0 radical (unpaired) electrons. The zero-order valence-electron chi connectivity index (χ0n) is 26.9. The second-order valence-corrected chi connectivity index (χ2v) is 13.0. The third-order valence-corrected chi connectivity index (χ3v) is 10.1. The van der Waals surface area contributed by atoms with Gasteiger partial charge in [-0.2, -0.15) is 4.31 Å². The van der Waals surface area contributed by atoms with Crippen LogP contribution in [0.15, 0.2) is 100 Å². The third kappa shape index (κ3) is 7.31. The molecular weight excluding hydrogens is 638 g/mol. The van der Waals surface area contributed by atoms with Crippen molar-refractivity contribution in [2.75, 3.05) is 44.5 Å². The lowest BCUT2D eigenvalue weighted by atomic mass is 9.93. The molecule has 0 spiro atoms. The fourth-order valence-electron chi connectivity index (χ4n) is 5.58. The zero-order valence-corrected chi connectivity index (χ0v) is 27.7. The molecule has 0 bridgehead atoms. The van der Waals surface area contributed by atoms with Crippen molar-refractivity contribution < 1.29 is 32.5 Å². The van der Waals surface area contributed by atoms with Gasteiger partial charge in [0.2, 0.25) is 16.3 Å². The van der Waals surface area contributed by atoms with Crippen molar-refractivity contribution in [1.29, 1.82) is 0 Å². The second-order valence-electron chi connectivity index (χ2n) is 11.1. The number of nitrogen functional groups attached to an aromatic ring is 1.